The largest absolute Gasteiger partial charge is 0.333 e. The van der Waals surface area contributed by atoms with Gasteiger partial charge < -0.3 is 4.57 Å². The lowest BCUT2D eigenvalue weighted by molar-refractivity contribution is 0.518. The molecule has 32 heavy (non-hydrogen) atoms. The van der Waals surface area contributed by atoms with E-state index in [4.69, 9.17) is 0 Å². The molecule has 10 nitrogen and oxygen atoms in total. The van der Waals surface area contributed by atoms with Crippen LogP contribution in [0.15, 0.2) is 46.2 Å². The molecule has 0 aliphatic heterocycles. The van der Waals surface area contributed by atoms with Gasteiger partial charge in [0.25, 0.3) is 5.56 Å². The van der Waals surface area contributed by atoms with Crippen LogP contribution in [0.4, 0.5) is 0 Å². The second-order valence-corrected chi connectivity index (χ2v) is 8.33. The fourth-order valence-corrected chi connectivity index (χ4v) is 4.58. The van der Waals surface area contributed by atoms with E-state index in [-0.39, 0.29) is 18.1 Å². The van der Waals surface area contributed by atoms with Crippen LogP contribution in [-0.2, 0) is 19.6 Å². The summed E-state index contributed by atoms with van der Waals surface area (Å²) in [7, 11) is 0. The van der Waals surface area contributed by atoms with Crippen molar-refractivity contribution in [3.8, 4) is 0 Å². The van der Waals surface area contributed by atoms with Crippen molar-refractivity contribution >= 4 is 11.2 Å². The van der Waals surface area contributed by atoms with Gasteiger partial charge in [0.05, 0.1) is 19.4 Å². The highest BCUT2D eigenvalue weighted by Gasteiger charge is 2.25. The van der Waals surface area contributed by atoms with E-state index in [0.29, 0.717) is 30.1 Å². The van der Waals surface area contributed by atoms with Gasteiger partial charge in [0.2, 0.25) is 0 Å². The zero-order chi connectivity index (χ0) is 22.1. The summed E-state index contributed by atoms with van der Waals surface area (Å²) in [6.07, 6.45) is 6.85. The number of benzene rings is 1. The Morgan fingerprint density at radius 3 is 2.56 bits per heavy atom. The number of rotatable bonds is 7. The summed E-state index contributed by atoms with van der Waals surface area (Å²) in [5.74, 6) is 0.489. The van der Waals surface area contributed by atoms with Crippen molar-refractivity contribution in [2.45, 2.75) is 64.7 Å². The molecule has 1 aromatic carbocycles. The fourth-order valence-electron chi connectivity index (χ4n) is 4.58. The van der Waals surface area contributed by atoms with Crippen LogP contribution in [0.25, 0.3) is 11.2 Å². The smallest absolute Gasteiger partial charge is 0.322 e. The molecule has 0 radical (unpaired) electrons. The van der Waals surface area contributed by atoms with Gasteiger partial charge in [-0.15, -0.1) is 5.10 Å². The molecular formula is C22H26N8O2. The van der Waals surface area contributed by atoms with Crippen LogP contribution < -0.4 is 11.2 Å². The molecule has 0 spiro atoms. The normalized spacial score (nSPS) is 14.5. The summed E-state index contributed by atoms with van der Waals surface area (Å²) in [6.45, 7) is 3.00. The van der Waals surface area contributed by atoms with E-state index < -0.39 is 5.69 Å². The lowest BCUT2D eigenvalue weighted by Crippen LogP contribution is -2.41. The molecule has 1 aliphatic carbocycles. The predicted molar refractivity (Wildman–Crippen MR) is 119 cm³/mol. The maximum Gasteiger partial charge on any atom is 0.333 e. The molecule has 3 heterocycles. The molecule has 0 saturated heterocycles. The topological polar surface area (TPSA) is 105 Å². The van der Waals surface area contributed by atoms with Crippen LogP contribution >= 0.6 is 0 Å². The summed E-state index contributed by atoms with van der Waals surface area (Å²) in [6, 6.07) is 9.96. The van der Waals surface area contributed by atoms with Crippen molar-refractivity contribution < 1.29 is 0 Å². The second kappa shape index (κ2) is 8.52. The number of aromatic nitrogens is 8. The Balaban J connectivity index is 1.69. The predicted octanol–water partition coefficient (Wildman–Crippen LogP) is 1.97. The molecule has 1 saturated carbocycles. The van der Waals surface area contributed by atoms with Gasteiger partial charge in [0, 0.05) is 12.6 Å². The Bertz CT molecular complexity index is 1340. The first-order valence-electron chi connectivity index (χ1n) is 11.2. The van der Waals surface area contributed by atoms with Crippen LogP contribution in [0.2, 0.25) is 0 Å². The highest BCUT2D eigenvalue weighted by Crippen LogP contribution is 2.31. The first-order chi connectivity index (χ1) is 15.7. The van der Waals surface area contributed by atoms with Gasteiger partial charge in [-0.05, 0) is 35.3 Å². The summed E-state index contributed by atoms with van der Waals surface area (Å²) >= 11 is 0. The monoisotopic (exact) mass is 434 g/mol. The number of fused-ring (bicyclic) bond motifs is 1. The van der Waals surface area contributed by atoms with Crippen LogP contribution in [0.5, 0.6) is 0 Å². The Kier molecular flexibility index (Phi) is 5.42. The first-order valence-corrected chi connectivity index (χ1v) is 11.2. The number of hydrogen-bond donors (Lipinski definition) is 0. The minimum absolute atomic E-state index is 0.0191. The van der Waals surface area contributed by atoms with Gasteiger partial charge in [-0.1, -0.05) is 50.1 Å². The quantitative estimate of drug-likeness (QED) is 0.440. The Morgan fingerprint density at radius 2 is 1.81 bits per heavy atom. The third kappa shape index (κ3) is 3.55. The van der Waals surface area contributed by atoms with Crippen molar-refractivity contribution in [2.75, 3.05) is 0 Å². The average molecular weight is 435 g/mol. The molecule has 0 bridgehead atoms. The number of aryl methyl sites for hydroxylation is 1. The van der Waals surface area contributed by atoms with Crippen LogP contribution in [-0.4, -0.2) is 38.9 Å². The van der Waals surface area contributed by atoms with Crippen molar-refractivity contribution in [3.05, 3.63) is 68.9 Å². The van der Waals surface area contributed by atoms with Gasteiger partial charge >= 0.3 is 5.69 Å². The van der Waals surface area contributed by atoms with E-state index >= 15 is 0 Å². The van der Waals surface area contributed by atoms with Gasteiger partial charge in [0.1, 0.15) is 0 Å². The van der Waals surface area contributed by atoms with Gasteiger partial charge in [-0.2, -0.15) is 0 Å². The van der Waals surface area contributed by atoms with Crippen molar-refractivity contribution in [3.63, 3.8) is 0 Å². The number of imidazole rings is 1. The minimum atomic E-state index is -0.408. The third-order valence-electron chi connectivity index (χ3n) is 6.18. The minimum Gasteiger partial charge on any atom is -0.322 e. The SMILES string of the molecule is CCCn1nnnc1Cn1c(=O)c2c(ncn2C2CCCC2)n(Cc2ccccc2)c1=O. The molecular weight excluding hydrogens is 408 g/mol. The summed E-state index contributed by atoms with van der Waals surface area (Å²) in [4.78, 5) is 31.7. The molecule has 1 fully saturated rings. The highest BCUT2D eigenvalue weighted by molar-refractivity contribution is 5.70. The van der Waals surface area contributed by atoms with E-state index in [1.54, 1.807) is 15.6 Å². The van der Waals surface area contributed by atoms with E-state index in [9.17, 15) is 9.59 Å². The molecule has 0 unspecified atom stereocenters. The molecule has 4 aromatic rings. The van der Waals surface area contributed by atoms with Crippen LogP contribution in [0.3, 0.4) is 0 Å². The van der Waals surface area contributed by atoms with Crippen LogP contribution in [0.1, 0.15) is 56.5 Å². The summed E-state index contributed by atoms with van der Waals surface area (Å²) < 4.78 is 6.45. The van der Waals surface area contributed by atoms with Gasteiger partial charge in [0.15, 0.2) is 17.0 Å². The van der Waals surface area contributed by atoms with Crippen molar-refractivity contribution in [1.82, 2.24) is 38.9 Å². The number of nitrogens with zero attached hydrogens (tertiary/aromatic N) is 8. The van der Waals surface area contributed by atoms with Crippen molar-refractivity contribution in [2.24, 2.45) is 0 Å². The maximum atomic E-state index is 13.6. The molecule has 166 valence electrons. The maximum absolute atomic E-state index is 13.6. The lowest BCUT2D eigenvalue weighted by Gasteiger charge is -2.15. The number of tetrazole rings is 1. The van der Waals surface area contributed by atoms with E-state index in [0.717, 1.165) is 37.7 Å². The van der Waals surface area contributed by atoms with E-state index in [1.165, 1.54) is 4.57 Å². The first kappa shape index (κ1) is 20.3. The zero-order valence-electron chi connectivity index (χ0n) is 18.1. The molecule has 1 aliphatic rings. The third-order valence-corrected chi connectivity index (χ3v) is 6.18. The van der Waals surface area contributed by atoms with Gasteiger partial charge in [-0.25, -0.2) is 14.5 Å². The standard InChI is InChI=1S/C22H26N8O2/c1-2-12-30-18(24-25-26-30)14-28-21(31)19-20(23-15-29(19)17-10-6-7-11-17)27(22(28)32)13-16-8-4-3-5-9-16/h3-5,8-9,15,17H,2,6-7,10-14H2,1H3. The Morgan fingerprint density at radius 1 is 1.03 bits per heavy atom. The number of hydrogen-bond acceptors (Lipinski definition) is 6. The fraction of sp³-hybridized carbons (Fsp3) is 0.455. The average Bonchev–Trinajstić information content (AvgIpc) is 3.56. The van der Waals surface area contributed by atoms with Crippen molar-refractivity contribution in [1.29, 1.82) is 0 Å². The van der Waals surface area contributed by atoms with Crippen LogP contribution in [0, 0.1) is 0 Å². The summed E-state index contributed by atoms with van der Waals surface area (Å²) in [5, 5.41) is 11.8. The van der Waals surface area contributed by atoms with Gasteiger partial charge in [-0.3, -0.25) is 13.9 Å². The molecule has 10 heteroatoms. The Labute approximate surface area is 184 Å². The summed E-state index contributed by atoms with van der Waals surface area (Å²) in [5.41, 5.74) is 1.12. The molecule has 0 amide bonds. The lowest BCUT2D eigenvalue weighted by atomic mass is 10.2. The van der Waals surface area contributed by atoms with E-state index in [2.05, 4.69) is 20.5 Å². The van der Waals surface area contributed by atoms with E-state index in [1.807, 2.05) is 41.8 Å². The molecule has 0 N–H and O–H groups in total. The molecule has 0 atom stereocenters. The second-order valence-electron chi connectivity index (χ2n) is 8.33. The Hall–Kier alpha value is -3.56. The molecule has 5 rings (SSSR count). The molecule has 3 aromatic heterocycles. The zero-order valence-corrected chi connectivity index (χ0v) is 18.1. The highest BCUT2D eigenvalue weighted by atomic mass is 16.2.